The van der Waals surface area contributed by atoms with Crippen molar-refractivity contribution < 1.29 is 17.9 Å². The van der Waals surface area contributed by atoms with E-state index in [1.807, 2.05) is 0 Å². The van der Waals surface area contributed by atoms with Gasteiger partial charge in [-0.3, -0.25) is 0 Å². The molecule has 0 heterocycles. The number of rotatable bonds is 4. The van der Waals surface area contributed by atoms with Crippen molar-refractivity contribution in [3.05, 3.63) is 28.2 Å². The molecule has 1 N–H and O–H groups in total. The predicted octanol–water partition coefficient (Wildman–Crippen LogP) is 3.11. The molecule has 90 valence electrons. The molecule has 0 fully saturated rings. The van der Waals surface area contributed by atoms with Crippen LogP contribution in [0, 0.1) is 0 Å². The van der Waals surface area contributed by atoms with Crippen molar-refractivity contribution in [1.29, 1.82) is 0 Å². The van der Waals surface area contributed by atoms with Crippen LogP contribution in [0.25, 0.3) is 0 Å². The molecule has 0 saturated carbocycles. The van der Waals surface area contributed by atoms with Crippen LogP contribution in [-0.4, -0.2) is 19.8 Å². The zero-order chi connectivity index (χ0) is 12.2. The summed E-state index contributed by atoms with van der Waals surface area (Å²) in [6.45, 7) is -0.887. The summed E-state index contributed by atoms with van der Waals surface area (Å²) in [5.74, 6) is 0.559. The van der Waals surface area contributed by atoms with Crippen LogP contribution < -0.4 is 10.1 Å². The molecule has 0 bridgehead atoms. The van der Waals surface area contributed by atoms with Crippen molar-refractivity contribution in [2.75, 3.05) is 13.7 Å². The van der Waals surface area contributed by atoms with E-state index in [0.29, 0.717) is 11.3 Å². The molecule has 0 atom stereocenters. The molecule has 0 aliphatic carbocycles. The van der Waals surface area contributed by atoms with Crippen molar-refractivity contribution >= 4 is 15.9 Å². The van der Waals surface area contributed by atoms with Crippen LogP contribution in [0.2, 0.25) is 0 Å². The number of nitrogens with one attached hydrogen (secondary N) is 1. The Kier molecular flexibility index (Phi) is 4.61. The number of ether oxygens (including phenoxy) is 1. The molecule has 0 aliphatic rings. The fourth-order valence-corrected chi connectivity index (χ4v) is 1.54. The predicted molar refractivity (Wildman–Crippen MR) is 58.5 cm³/mol. The third-order valence-corrected chi connectivity index (χ3v) is 2.38. The van der Waals surface area contributed by atoms with Gasteiger partial charge in [-0.25, -0.2) is 0 Å². The van der Waals surface area contributed by atoms with Gasteiger partial charge in [0.1, 0.15) is 5.75 Å². The topological polar surface area (TPSA) is 21.3 Å². The Hall–Kier alpha value is -0.750. The van der Waals surface area contributed by atoms with Gasteiger partial charge in [0.2, 0.25) is 0 Å². The zero-order valence-corrected chi connectivity index (χ0v) is 10.2. The normalized spacial score (nSPS) is 11.6. The van der Waals surface area contributed by atoms with E-state index in [1.54, 1.807) is 18.2 Å². The molecule has 2 nitrogen and oxygen atoms in total. The molecule has 0 spiro atoms. The van der Waals surface area contributed by atoms with Gasteiger partial charge >= 0.3 is 6.18 Å². The SMILES string of the molecule is COc1cc(Br)ccc1CNCC(F)(F)F. The molecule has 1 aromatic carbocycles. The first-order chi connectivity index (χ1) is 7.42. The van der Waals surface area contributed by atoms with Crippen molar-refractivity contribution in [1.82, 2.24) is 5.32 Å². The van der Waals surface area contributed by atoms with E-state index < -0.39 is 12.7 Å². The zero-order valence-electron chi connectivity index (χ0n) is 8.57. The third-order valence-electron chi connectivity index (χ3n) is 1.89. The molecule has 0 radical (unpaired) electrons. The average Bonchev–Trinajstić information content (AvgIpc) is 2.18. The summed E-state index contributed by atoms with van der Waals surface area (Å²) < 4.78 is 41.6. The van der Waals surface area contributed by atoms with Crippen LogP contribution in [0.3, 0.4) is 0 Å². The summed E-state index contributed by atoms with van der Waals surface area (Å²) in [4.78, 5) is 0. The fourth-order valence-electron chi connectivity index (χ4n) is 1.20. The highest BCUT2D eigenvalue weighted by Gasteiger charge is 2.26. The summed E-state index contributed by atoms with van der Waals surface area (Å²) in [5.41, 5.74) is 0.690. The largest absolute Gasteiger partial charge is 0.496 e. The van der Waals surface area contributed by atoms with E-state index in [2.05, 4.69) is 21.2 Å². The van der Waals surface area contributed by atoms with E-state index in [-0.39, 0.29) is 6.54 Å². The first-order valence-electron chi connectivity index (χ1n) is 4.52. The Labute approximate surface area is 99.9 Å². The van der Waals surface area contributed by atoms with Crippen LogP contribution in [-0.2, 0) is 6.54 Å². The smallest absolute Gasteiger partial charge is 0.401 e. The second kappa shape index (κ2) is 5.54. The monoisotopic (exact) mass is 297 g/mol. The van der Waals surface area contributed by atoms with Gasteiger partial charge in [-0.05, 0) is 12.1 Å². The van der Waals surface area contributed by atoms with Crippen molar-refractivity contribution in [2.45, 2.75) is 12.7 Å². The number of hydrogen-bond acceptors (Lipinski definition) is 2. The lowest BCUT2D eigenvalue weighted by Gasteiger charge is -2.11. The Morgan fingerprint density at radius 3 is 2.62 bits per heavy atom. The minimum atomic E-state index is -4.19. The van der Waals surface area contributed by atoms with E-state index >= 15 is 0 Å². The van der Waals surface area contributed by atoms with Crippen molar-refractivity contribution in [3.63, 3.8) is 0 Å². The lowest BCUT2D eigenvalue weighted by Crippen LogP contribution is -2.28. The molecule has 1 rings (SSSR count). The number of benzene rings is 1. The summed E-state index contributed by atoms with van der Waals surface area (Å²) in [5, 5.41) is 2.32. The molecule has 0 aliphatic heterocycles. The van der Waals surface area contributed by atoms with Crippen LogP contribution >= 0.6 is 15.9 Å². The number of halogens is 4. The van der Waals surface area contributed by atoms with Gasteiger partial charge in [-0.1, -0.05) is 22.0 Å². The van der Waals surface area contributed by atoms with Gasteiger partial charge < -0.3 is 10.1 Å². The molecule has 0 saturated heterocycles. The van der Waals surface area contributed by atoms with E-state index in [0.717, 1.165) is 4.47 Å². The molecular formula is C10H11BrF3NO. The van der Waals surface area contributed by atoms with E-state index in [1.165, 1.54) is 7.11 Å². The summed E-state index contributed by atoms with van der Waals surface area (Å²) in [6.07, 6.45) is -4.19. The molecule has 0 aromatic heterocycles. The van der Waals surface area contributed by atoms with E-state index in [9.17, 15) is 13.2 Å². The maximum atomic E-state index is 11.9. The Bertz CT molecular complexity index is 354. The highest BCUT2D eigenvalue weighted by molar-refractivity contribution is 9.10. The number of methoxy groups -OCH3 is 1. The van der Waals surface area contributed by atoms with E-state index in [4.69, 9.17) is 4.74 Å². The highest BCUT2D eigenvalue weighted by Crippen LogP contribution is 2.23. The van der Waals surface area contributed by atoms with Crippen molar-refractivity contribution in [3.8, 4) is 5.75 Å². The average molecular weight is 298 g/mol. The van der Waals surface area contributed by atoms with Gasteiger partial charge in [0, 0.05) is 16.6 Å². The summed E-state index contributed by atoms with van der Waals surface area (Å²) in [6, 6.07) is 5.18. The van der Waals surface area contributed by atoms with Gasteiger partial charge in [0.25, 0.3) is 0 Å². The third kappa shape index (κ3) is 4.40. The first kappa shape index (κ1) is 13.3. The van der Waals surface area contributed by atoms with Crippen LogP contribution in [0.15, 0.2) is 22.7 Å². The second-order valence-corrected chi connectivity index (χ2v) is 4.09. The lowest BCUT2D eigenvalue weighted by atomic mass is 10.2. The first-order valence-corrected chi connectivity index (χ1v) is 5.31. The molecule has 0 amide bonds. The minimum absolute atomic E-state index is 0.121. The number of hydrogen-bond donors (Lipinski definition) is 1. The van der Waals surface area contributed by atoms with Crippen molar-refractivity contribution in [2.24, 2.45) is 0 Å². The standard InChI is InChI=1S/C10H11BrF3NO/c1-16-9-4-8(11)3-2-7(9)5-15-6-10(12,13)14/h2-4,15H,5-6H2,1H3. The summed E-state index contributed by atoms with van der Waals surface area (Å²) in [7, 11) is 1.48. The Morgan fingerprint density at radius 1 is 1.38 bits per heavy atom. The lowest BCUT2D eigenvalue weighted by molar-refractivity contribution is -0.125. The number of alkyl halides is 3. The summed E-state index contributed by atoms with van der Waals surface area (Å²) >= 11 is 3.26. The maximum absolute atomic E-state index is 11.9. The second-order valence-electron chi connectivity index (χ2n) is 3.17. The minimum Gasteiger partial charge on any atom is -0.496 e. The maximum Gasteiger partial charge on any atom is 0.401 e. The Balaban J connectivity index is 2.60. The van der Waals surface area contributed by atoms with Crippen LogP contribution in [0.5, 0.6) is 5.75 Å². The van der Waals surface area contributed by atoms with Gasteiger partial charge in [0.05, 0.1) is 13.7 Å². The van der Waals surface area contributed by atoms with Gasteiger partial charge in [-0.15, -0.1) is 0 Å². The molecule has 6 heteroatoms. The molecule has 1 aromatic rings. The Morgan fingerprint density at radius 2 is 2.06 bits per heavy atom. The van der Waals surface area contributed by atoms with Gasteiger partial charge in [-0.2, -0.15) is 13.2 Å². The van der Waals surface area contributed by atoms with Gasteiger partial charge in [0.15, 0.2) is 0 Å². The van der Waals surface area contributed by atoms with Crippen LogP contribution in [0.1, 0.15) is 5.56 Å². The molecule has 16 heavy (non-hydrogen) atoms. The molecular weight excluding hydrogens is 287 g/mol. The quantitative estimate of drug-likeness (QED) is 0.922. The van der Waals surface area contributed by atoms with Crippen LogP contribution in [0.4, 0.5) is 13.2 Å². The molecule has 0 unspecified atom stereocenters. The fraction of sp³-hybridized carbons (Fsp3) is 0.400. The highest BCUT2D eigenvalue weighted by atomic mass is 79.9.